The average molecular weight is 478 g/mol. The van der Waals surface area contributed by atoms with Crippen LogP contribution in [-0.2, 0) is 14.3 Å². The van der Waals surface area contributed by atoms with Crippen LogP contribution in [0.15, 0.2) is 48.5 Å². The molecule has 0 heterocycles. The molecule has 1 aliphatic rings. The van der Waals surface area contributed by atoms with Crippen LogP contribution in [0, 0.1) is 0 Å². The van der Waals surface area contributed by atoms with E-state index in [0.29, 0.717) is 11.8 Å². The van der Waals surface area contributed by atoms with Crippen LogP contribution in [0.3, 0.4) is 0 Å². The molecule has 2 aromatic rings. The van der Waals surface area contributed by atoms with Gasteiger partial charge in [-0.1, -0.05) is 48.5 Å². The van der Waals surface area contributed by atoms with Crippen LogP contribution in [0.4, 0.5) is 18.0 Å². The number of nitrogens with zero attached hydrogens (tertiary/aromatic N) is 1. The first-order valence-electron chi connectivity index (χ1n) is 10.6. The Morgan fingerprint density at radius 3 is 1.97 bits per heavy atom. The topological polar surface area (TPSA) is 95.9 Å². The van der Waals surface area contributed by atoms with Gasteiger partial charge in [0, 0.05) is 12.0 Å². The molecule has 10 heteroatoms. The van der Waals surface area contributed by atoms with E-state index in [-0.39, 0.29) is 12.5 Å². The van der Waals surface area contributed by atoms with Gasteiger partial charge < -0.3 is 14.7 Å². The van der Waals surface area contributed by atoms with Gasteiger partial charge in [-0.25, -0.2) is 4.79 Å². The molecule has 3 rings (SSSR count). The number of alkyl carbamates (subject to hydrolysis) is 1. The molecule has 1 unspecified atom stereocenters. The van der Waals surface area contributed by atoms with Crippen molar-refractivity contribution in [3.05, 3.63) is 59.7 Å². The minimum absolute atomic E-state index is 0.245. The smallest absolute Gasteiger partial charge is 0.420 e. The summed E-state index contributed by atoms with van der Waals surface area (Å²) in [4.78, 5) is 36.9. The van der Waals surface area contributed by atoms with Crippen LogP contribution < -0.4 is 5.32 Å². The number of carboxylic acid groups (broad SMARTS) is 1. The molecule has 7 nitrogen and oxygen atoms in total. The molecule has 0 fully saturated rings. The molecule has 34 heavy (non-hydrogen) atoms. The zero-order valence-corrected chi connectivity index (χ0v) is 18.8. The summed E-state index contributed by atoms with van der Waals surface area (Å²) in [6.45, 7) is 2.06. The fraction of sp³-hybridized carbons (Fsp3) is 0.375. The molecule has 0 radical (unpaired) electrons. The predicted molar refractivity (Wildman–Crippen MR) is 117 cm³/mol. The molecule has 2 aromatic carbocycles. The molecule has 182 valence electrons. The molecule has 0 aliphatic heterocycles. The fourth-order valence-corrected chi connectivity index (χ4v) is 4.01. The van der Waals surface area contributed by atoms with Crippen molar-refractivity contribution < 1.29 is 37.4 Å². The average Bonchev–Trinajstić information content (AvgIpc) is 3.08. The maximum absolute atomic E-state index is 13.9. The minimum atomic E-state index is -5.21. The summed E-state index contributed by atoms with van der Waals surface area (Å²) in [6.07, 6.45) is -6.64. The molecular formula is C24H25F3N2O5. The quantitative estimate of drug-likeness (QED) is 0.623. The van der Waals surface area contributed by atoms with Crippen LogP contribution in [0.25, 0.3) is 11.1 Å². The summed E-state index contributed by atoms with van der Waals surface area (Å²) in [7, 11) is 0. The summed E-state index contributed by atoms with van der Waals surface area (Å²) in [5.41, 5.74) is 0.263. The fourth-order valence-electron chi connectivity index (χ4n) is 4.01. The van der Waals surface area contributed by atoms with E-state index >= 15 is 0 Å². The second kappa shape index (κ2) is 9.36. The number of carbonyl (C=O) groups is 3. The van der Waals surface area contributed by atoms with Crippen LogP contribution in [-0.4, -0.2) is 58.9 Å². The van der Waals surface area contributed by atoms with E-state index in [2.05, 4.69) is 0 Å². The van der Waals surface area contributed by atoms with Crippen molar-refractivity contribution in [2.24, 2.45) is 0 Å². The van der Waals surface area contributed by atoms with Gasteiger partial charge in [-0.3, -0.25) is 14.9 Å². The van der Waals surface area contributed by atoms with Gasteiger partial charge in [0.05, 0.1) is 0 Å². The van der Waals surface area contributed by atoms with Gasteiger partial charge in [0.1, 0.15) is 13.2 Å². The van der Waals surface area contributed by atoms with E-state index in [4.69, 9.17) is 9.84 Å². The monoisotopic (exact) mass is 478 g/mol. The molecule has 2 amide bonds. The first-order valence-corrected chi connectivity index (χ1v) is 10.6. The number of carboxylic acids is 1. The molecule has 1 atom stereocenters. The van der Waals surface area contributed by atoms with E-state index in [9.17, 15) is 27.6 Å². The number of nitrogens with one attached hydrogen (secondary N) is 1. The van der Waals surface area contributed by atoms with Gasteiger partial charge in [-0.2, -0.15) is 13.2 Å². The van der Waals surface area contributed by atoms with Crippen molar-refractivity contribution in [1.29, 1.82) is 0 Å². The van der Waals surface area contributed by atoms with Crippen molar-refractivity contribution in [2.75, 3.05) is 13.2 Å². The number of hydrogen-bond acceptors (Lipinski definition) is 4. The Morgan fingerprint density at radius 1 is 1.03 bits per heavy atom. The van der Waals surface area contributed by atoms with Gasteiger partial charge in [0.15, 0.2) is 0 Å². The zero-order valence-electron chi connectivity index (χ0n) is 18.8. The first-order chi connectivity index (χ1) is 15.9. The number of carbonyl (C=O) groups excluding carboxylic acids is 2. The number of rotatable bonds is 7. The molecule has 1 aliphatic carbocycles. The summed E-state index contributed by atoms with van der Waals surface area (Å²) in [6, 6.07) is 14.1. The maximum Gasteiger partial charge on any atom is 0.420 e. The predicted octanol–water partition coefficient (Wildman–Crippen LogP) is 4.17. The molecule has 2 N–H and O–H groups in total. The van der Waals surface area contributed by atoms with Crippen molar-refractivity contribution in [3.63, 3.8) is 0 Å². The van der Waals surface area contributed by atoms with Crippen molar-refractivity contribution >= 4 is 18.0 Å². The van der Waals surface area contributed by atoms with Crippen LogP contribution in [0.1, 0.15) is 37.8 Å². The van der Waals surface area contributed by atoms with Crippen LogP contribution in [0.5, 0.6) is 0 Å². The summed E-state index contributed by atoms with van der Waals surface area (Å²) in [5.74, 6) is -3.45. The maximum atomic E-state index is 13.9. The summed E-state index contributed by atoms with van der Waals surface area (Å²) in [5, 5.41) is 10.7. The first kappa shape index (κ1) is 25.1. The van der Waals surface area contributed by atoms with E-state index in [1.54, 1.807) is 5.32 Å². The normalized spacial score (nSPS) is 14.7. The van der Waals surface area contributed by atoms with Gasteiger partial charge in [0.25, 0.3) is 5.91 Å². The lowest BCUT2D eigenvalue weighted by Crippen LogP contribution is -2.67. The Morgan fingerprint density at radius 2 is 1.53 bits per heavy atom. The van der Waals surface area contributed by atoms with Gasteiger partial charge in [-0.15, -0.1) is 0 Å². The Balaban J connectivity index is 1.80. The number of halogens is 3. The lowest BCUT2D eigenvalue weighted by atomic mass is 9.98. The number of amides is 2. The van der Waals surface area contributed by atoms with E-state index < -0.39 is 42.3 Å². The third-order valence-corrected chi connectivity index (χ3v) is 5.88. The Labute approximate surface area is 194 Å². The van der Waals surface area contributed by atoms with Crippen LogP contribution >= 0.6 is 0 Å². The molecule has 0 saturated carbocycles. The summed E-state index contributed by atoms with van der Waals surface area (Å²) < 4.78 is 47.0. The standard InChI is InChI=1S/C24H25F3N2O5/c1-14(2)29(12-20(30)31)21(32)23(3,24(25,26)27)28-22(33)34-13-19-17-10-6-4-8-15(17)16-9-5-7-11-18(16)19/h4-11,14,19H,12-13H2,1-3H3,(H,28,33)(H,30,31). The van der Waals surface area contributed by atoms with Gasteiger partial charge >= 0.3 is 18.2 Å². The number of hydrogen-bond donors (Lipinski definition) is 2. The molecule has 0 spiro atoms. The van der Waals surface area contributed by atoms with Crippen molar-refractivity contribution in [3.8, 4) is 11.1 Å². The molecule has 0 bridgehead atoms. The lowest BCUT2D eigenvalue weighted by Gasteiger charge is -2.37. The highest BCUT2D eigenvalue weighted by Gasteiger charge is 2.60. The third kappa shape index (κ3) is 4.71. The van der Waals surface area contributed by atoms with E-state index in [1.165, 1.54) is 13.8 Å². The van der Waals surface area contributed by atoms with Crippen molar-refractivity contribution in [2.45, 2.75) is 44.4 Å². The zero-order chi connectivity index (χ0) is 25.3. The highest BCUT2D eigenvalue weighted by atomic mass is 19.4. The van der Waals surface area contributed by atoms with Gasteiger partial charge in [-0.05, 0) is 43.0 Å². The second-order valence-corrected chi connectivity index (χ2v) is 8.49. The molecule has 0 aromatic heterocycles. The Hall–Kier alpha value is -3.56. The lowest BCUT2D eigenvalue weighted by molar-refractivity contribution is -0.201. The Kier molecular flexibility index (Phi) is 6.90. The van der Waals surface area contributed by atoms with Crippen LogP contribution in [0.2, 0.25) is 0 Å². The highest BCUT2D eigenvalue weighted by Crippen LogP contribution is 2.44. The van der Waals surface area contributed by atoms with E-state index in [0.717, 1.165) is 22.3 Å². The van der Waals surface area contributed by atoms with E-state index in [1.807, 2.05) is 48.5 Å². The number of aliphatic carboxylic acids is 1. The van der Waals surface area contributed by atoms with Crippen molar-refractivity contribution in [1.82, 2.24) is 10.2 Å². The second-order valence-electron chi connectivity index (χ2n) is 8.49. The number of alkyl halides is 3. The molecular weight excluding hydrogens is 453 g/mol. The van der Waals surface area contributed by atoms with Gasteiger partial charge in [0.2, 0.25) is 5.54 Å². The Bertz CT molecular complexity index is 1060. The number of ether oxygens (including phenoxy) is 1. The SMILES string of the molecule is CC(C)N(CC(=O)O)C(=O)C(C)(NC(=O)OCC1c2ccccc2-c2ccccc21)C(F)(F)F. The number of fused-ring (bicyclic) bond motifs is 3. The minimum Gasteiger partial charge on any atom is -0.480 e. The molecule has 0 saturated heterocycles. The number of benzene rings is 2. The largest absolute Gasteiger partial charge is 0.480 e. The summed E-state index contributed by atoms with van der Waals surface area (Å²) >= 11 is 0. The third-order valence-electron chi connectivity index (χ3n) is 5.88. The highest BCUT2D eigenvalue weighted by molar-refractivity contribution is 5.92.